The van der Waals surface area contributed by atoms with Gasteiger partial charge in [0.05, 0.1) is 0 Å². The summed E-state index contributed by atoms with van der Waals surface area (Å²) in [7, 11) is 0. The summed E-state index contributed by atoms with van der Waals surface area (Å²) < 4.78 is 0. The fraction of sp³-hybridized carbons (Fsp3) is 0. The Morgan fingerprint density at radius 1 is 0.412 bits per heavy atom. The highest BCUT2D eigenvalue weighted by atomic mass is 14.2. The van der Waals surface area contributed by atoms with Crippen LogP contribution in [0.4, 0.5) is 0 Å². The molecule has 0 bridgehead atoms. The van der Waals surface area contributed by atoms with Crippen molar-refractivity contribution in [1.29, 1.82) is 0 Å². The van der Waals surface area contributed by atoms with Crippen molar-refractivity contribution < 1.29 is 0 Å². The fourth-order valence-electron chi connectivity index (χ4n) is 6.10. The molecule has 0 saturated heterocycles. The molecule has 2 aliphatic rings. The van der Waals surface area contributed by atoms with Gasteiger partial charge in [-0.3, -0.25) is 0 Å². The van der Waals surface area contributed by atoms with E-state index in [4.69, 9.17) is 0 Å². The summed E-state index contributed by atoms with van der Waals surface area (Å²) in [5.74, 6) is 0. The van der Waals surface area contributed by atoms with Gasteiger partial charge in [0, 0.05) is 12.8 Å². The van der Waals surface area contributed by atoms with Crippen LogP contribution in [0.5, 0.6) is 0 Å². The number of fused-ring (bicyclic) bond motifs is 4. The second-order valence-electron chi connectivity index (χ2n) is 9.32. The number of benzene rings is 6. The Kier molecular flexibility index (Phi) is 3.59. The fourth-order valence-corrected chi connectivity index (χ4v) is 6.10. The largest absolute Gasteiger partial charge is 0.0754 e. The van der Waals surface area contributed by atoms with E-state index in [2.05, 4.69) is 122 Å². The van der Waals surface area contributed by atoms with Gasteiger partial charge in [0.2, 0.25) is 0 Å². The van der Waals surface area contributed by atoms with Crippen LogP contribution in [0.25, 0.3) is 66.4 Å². The van der Waals surface area contributed by atoms with E-state index in [1.165, 1.54) is 76.5 Å². The third-order valence-corrected chi connectivity index (χ3v) is 7.56. The summed E-state index contributed by atoms with van der Waals surface area (Å²) >= 11 is 0. The van der Waals surface area contributed by atoms with Crippen molar-refractivity contribution in [2.75, 3.05) is 0 Å². The van der Waals surface area contributed by atoms with Gasteiger partial charge < -0.3 is 0 Å². The van der Waals surface area contributed by atoms with Gasteiger partial charge in [0.1, 0.15) is 0 Å². The molecule has 0 aromatic heterocycles. The van der Waals surface area contributed by atoms with E-state index < -0.39 is 0 Å². The zero-order valence-electron chi connectivity index (χ0n) is 18.5. The normalized spacial score (nSPS) is 14.0. The summed E-state index contributed by atoms with van der Waals surface area (Å²) in [6.07, 6.45) is 13.5. The topological polar surface area (TPSA) is 0 Å². The van der Waals surface area contributed by atoms with Crippen LogP contribution in [0.2, 0.25) is 0 Å². The summed E-state index contributed by atoms with van der Waals surface area (Å²) in [6, 6.07) is 31.4. The van der Waals surface area contributed by atoms with Crippen LogP contribution < -0.4 is 0 Å². The first-order valence-electron chi connectivity index (χ1n) is 11.9. The van der Waals surface area contributed by atoms with E-state index >= 15 is 0 Å². The van der Waals surface area contributed by atoms with Gasteiger partial charge in [-0.1, -0.05) is 97.1 Å². The molecule has 0 N–H and O–H groups in total. The average molecular weight is 429 g/mol. The summed E-state index contributed by atoms with van der Waals surface area (Å²) in [5, 5.41) is 10.6. The lowest BCUT2D eigenvalue weighted by molar-refractivity contribution is 1.49. The van der Waals surface area contributed by atoms with E-state index in [1.54, 1.807) is 0 Å². The molecule has 0 aliphatic heterocycles. The first-order chi connectivity index (χ1) is 16.9. The highest BCUT2D eigenvalue weighted by molar-refractivity contribution is 6.16. The molecule has 2 radical (unpaired) electrons. The Bertz CT molecular complexity index is 1870. The Morgan fingerprint density at radius 3 is 1.94 bits per heavy atom. The second kappa shape index (κ2) is 6.68. The molecule has 0 fully saturated rings. The lowest BCUT2D eigenvalue weighted by atomic mass is 9.81. The number of allylic oxidation sites excluding steroid dienone is 2. The molecular weight excluding hydrogens is 408 g/mol. The molecule has 0 spiro atoms. The van der Waals surface area contributed by atoms with Crippen LogP contribution in [0, 0.1) is 12.8 Å². The zero-order chi connectivity index (χ0) is 22.2. The third-order valence-electron chi connectivity index (χ3n) is 7.56. The van der Waals surface area contributed by atoms with Crippen molar-refractivity contribution in [3.8, 4) is 11.1 Å². The van der Waals surface area contributed by atoms with Crippen LogP contribution in [-0.2, 0) is 0 Å². The van der Waals surface area contributed by atoms with Crippen molar-refractivity contribution in [1.82, 2.24) is 0 Å². The van der Waals surface area contributed by atoms with E-state index in [0.29, 0.717) is 0 Å². The summed E-state index contributed by atoms with van der Waals surface area (Å²) in [5.41, 5.74) is 7.88. The lowest BCUT2D eigenvalue weighted by Crippen LogP contribution is -2.00. The van der Waals surface area contributed by atoms with Crippen LogP contribution in [0.15, 0.2) is 97.1 Å². The van der Waals surface area contributed by atoms with Gasteiger partial charge >= 0.3 is 0 Å². The maximum Gasteiger partial charge on any atom is 0.0138 e. The smallest absolute Gasteiger partial charge is 0.0138 e. The molecule has 0 amide bonds. The minimum Gasteiger partial charge on any atom is -0.0754 e. The standard InChI is InChI=1S/C34H20/c1-3-10-25-22(8-1)20-24-15-16-27(31-14-6-13-29(25)34(24)31)28-17-18-32-26-11-4-2-7-21(26)19-23-9-5-12-30(28)33(23)32/h1-20H. The van der Waals surface area contributed by atoms with E-state index in [-0.39, 0.29) is 0 Å². The van der Waals surface area contributed by atoms with Crippen LogP contribution in [0.1, 0.15) is 22.3 Å². The first-order valence-corrected chi connectivity index (χ1v) is 11.9. The van der Waals surface area contributed by atoms with Crippen LogP contribution in [-0.4, -0.2) is 0 Å². The van der Waals surface area contributed by atoms with Crippen molar-refractivity contribution in [3.63, 3.8) is 0 Å². The van der Waals surface area contributed by atoms with Gasteiger partial charge in [-0.25, -0.2) is 0 Å². The molecule has 2 aliphatic carbocycles. The summed E-state index contributed by atoms with van der Waals surface area (Å²) in [4.78, 5) is 0. The highest BCUT2D eigenvalue weighted by Crippen LogP contribution is 2.44. The lowest BCUT2D eigenvalue weighted by Gasteiger charge is -2.23. The van der Waals surface area contributed by atoms with Crippen molar-refractivity contribution in [2.45, 2.75) is 0 Å². The molecule has 6 aromatic rings. The van der Waals surface area contributed by atoms with Crippen molar-refractivity contribution in [2.24, 2.45) is 0 Å². The Balaban J connectivity index is 1.48. The molecular formula is C34H20. The quantitative estimate of drug-likeness (QED) is 0.181. The van der Waals surface area contributed by atoms with Crippen molar-refractivity contribution >= 4 is 55.2 Å². The Hall–Kier alpha value is -4.16. The Labute approximate surface area is 198 Å². The molecule has 0 atom stereocenters. The zero-order valence-corrected chi connectivity index (χ0v) is 18.5. The maximum atomic E-state index is 2.33. The van der Waals surface area contributed by atoms with Crippen LogP contribution >= 0.6 is 0 Å². The Morgan fingerprint density at radius 2 is 1.09 bits per heavy atom. The predicted molar refractivity (Wildman–Crippen MR) is 147 cm³/mol. The second-order valence-corrected chi connectivity index (χ2v) is 9.32. The molecule has 0 saturated carbocycles. The highest BCUT2D eigenvalue weighted by Gasteiger charge is 2.21. The maximum absolute atomic E-state index is 2.33. The molecule has 0 heteroatoms. The molecule has 156 valence electrons. The first kappa shape index (κ1) is 18.3. The summed E-state index contributed by atoms with van der Waals surface area (Å²) in [6.45, 7) is 0. The predicted octanol–water partition coefficient (Wildman–Crippen LogP) is 9.12. The van der Waals surface area contributed by atoms with E-state index in [9.17, 15) is 0 Å². The van der Waals surface area contributed by atoms with Gasteiger partial charge in [0.25, 0.3) is 0 Å². The average Bonchev–Trinajstić information content (AvgIpc) is 2.90. The minimum absolute atomic E-state index is 1.30. The third kappa shape index (κ3) is 2.38. The minimum atomic E-state index is 1.30. The molecule has 0 unspecified atom stereocenters. The number of hydrogen-bond donors (Lipinski definition) is 0. The van der Waals surface area contributed by atoms with Crippen LogP contribution in [0.3, 0.4) is 0 Å². The van der Waals surface area contributed by atoms with E-state index in [1.807, 2.05) is 0 Å². The molecule has 0 heterocycles. The molecule has 6 aromatic carbocycles. The van der Waals surface area contributed by atoms with Gasteiger partial charge in [0.15, 0.2) is 0 Å². The molecule has 0 nitrogen and oxygen atoms in total. The SMILES string of the molecule is [CH]1C=Cc2c3ccccc3cc3ccc(-c4ccc5c6c(cc7ccccc75)C=C[CH]c46)c1c23. The van der Waals surface area contributed by atoms with Gasteiger partial charge in [-0.05, 0) is 88.6 Å². The molecule has 34 heavy (non-hydrogen) atoms. The number of rotatable bonds is 1. The van der Waals surface area contributed by atoms with Crippen molar-refractivity contribution in [3.05, 3.63) is 132 Å². The van der Waals surface area contributed by atoms with E-state index in [0.717, 1.165) is 0 Å². The monoisotopic (exact) mass is 428 g/mol. The molecule has 8 rings (SSSR count). The van der Waals surface area contributed by atoms with Gasteiger partial charge in [-0.15, -0.1) is 0 Å². The number of hydrogen-bond acceptors (Lipinski definition) is 0. The van der Waals surface area contributed by atoms with Gasteiger partial charge in [-0.2, -0.15) is 0 Å².